The Kier molecular flexibility index (Phi) is 11.7. The molecular formula is C29H51N3. The van der Waals surface area contributed by atoms with Crippen LogP contribution in [-0.4, -0.2) is 38.6 Å². The average molecular weight is 442 g/mol. The van der Waals surface area contributed by atoms with Crippen molar-refractivity contribution in [3.63, 3.8) is 0 Å². The SMILES string of the molecule is C=C(/C=C/C(CC1CC1)C(=C)CC/C1=C(\N(C)C)NCCCCNC1)CCC(C)C(C)C. The number of nitrogens with zero attached hydrogens (tertiary/aromatic N) is 1. The topological polar surface area (TPSA) is 27.3 Å². The second-order valence-electron chi connectivity index (χ2n) is 10.9. The van der Waals surface area contributed by atoms with Crippen molar-refractivity contribution in [2.24, 2.45) is 23.7 Å². The van der Waals surface area contributed by atoms with Crippen molar-refractivity contribution >= 4 is 0 Å². The van der Waals surface area contributed by atoms with Gasteiger partial charge in [-0.05, 0) is 80.7 Å². The lowest BCUT2D eigenvalue weighted by molar-refractivity contribution is 0.393. The van der Waals surface area contributed by atoms with Crippen molar-refractivity contribution < 1.29 is 0 Å². The van der Waals surface area contributed by atoms with Crippen LogP contribution in [0.2, 0.25) is 0 Å². The number of hydrogen-bond acceptors (Lipinski definition) is 3. The number of nitrogens with one attached hydrogen (secondary N) is 2. The van der Waals surface area contributed by atoms with E-state index in [1.807, 2.05) is 0 Å². The third-order valence-corrected chi connectivity index (χ3v) is 7.37. The lowest BCUT2D eigenvalue weighted by Crippen LogP contribution is -2.29. The molecule has 2 rings (SSSR count). The van der Waals surface area contributed by atoms with Gasteiger partial charge in [0.2, 0.25) is 0 Å². The second-order valence-corrected chi connectivity index (χ2v) is 10.9. The minimum atomic E-state index is 0.488. The summed E-state index contributed by atoms with van der Waals surface area (Å²) in [6.07, 6.45) is 15.7. The van der Waals surface area contributed by atoms with E-state index in [9.17, 15) is 0 Å². The van der Waals surface area contributed by atoms with E-state index in [0.717, 1.165) is 56.7 Å². The highest BCUT2D eigenvalue weighted by atomic mass is 15.2. The van der Waals surface area contributed by atoms with Crippen LogP contribution in [0.1, 0.15) is 78.6 Å². The average Bonchev–Trinajstić information content (AvgIpc) is 3.55. The number of rotatable bonds is 13. The normalized spacial score (nSPS) is 22.1. The van der Waals surface area contributed by atoms with Crippen LogP contribution in [0.4, 0.5) is 0 Å². The van der Waals surface area contributed by atoms with Crippen molar-refractivity contribution in [1.29, 1.82) is 0 Å². The molecule has 0 saturated heterocycles. The number of allylic oxidation sites excluding steroid dienone is 4. The predicted octanol–water partition coefficient (Wildman–Crippen LogP) is 6.67. The van der Waals surface area contributed by atoms with E-state index in [1.165, 1.54) is 61.1 Å². The molecule has 1 fully saturated rings. The maximum atomic E-state index is 4.57. The highest BCUT2D eigenvalue weighted by Gasteiger charge is 2.25. The molecule has 2 N–H and O–H groups in total. The first-order valence-corrected chi connectivity index (χ1v) is 13.2. The zero-order valence-corrected chi connectivity index (χ0v) is 21.8. The van der Waals surface area contributed by atoms with Gasteiger partial charge in [0, 0.05) is 27.2 Å². The molecule has 0 amide bonds. The smallest absolute Gasteiger partial charge is 0.101 e. The molecule has 3 heteroatoms. The lowest BCUT2D eigenvalue weighted by atomic mass is 9.88. The fourth-order valence-corrected chi connectivity index (χ4v) is 4.38. The molecule has 1 aliphatic heterocycles. The summed E-state index contributed by atoms with van der Waals surface area (Å²) < 4.78 is 0. The molecule has 1 saturated carbocycles. The minimum absolute atomic E-state index is 0.488. The monoisotopic (exact) mass is 441 g/mol. The summed E-state index contributed by atoms with van der Waals surface area (Å²) in [5, 5.41) is 7.34. The van der Waals surface area contributed by atoms with Crippen molar-refractivity contribution in [1.82, 2.24) is 15.5 Å². The van der Waals surface area contributed by atoms with Gasteiger partial charge in [0.05, 0.1) is 0 Å². The summed E-state index contributed by atoms with van der Waals surface area (Å²) >= 11 is 0. The highest BCUT2D eigenvalue weighted by molar-refractivity contribution is 5.22. The summed E-state index contributed by atoms with van der Waals surface area (Å²) in [7, 11) is 4.30. The fraction of sp³-hybridized carbons (Fsp3) is 0.724. The Morgan fingerprint density at radius 3 is 2.47 bits per heavy atom. The maximum Gasteiger partial charge on any atom is 0.101 e. The zero-order chi connectivity index (χ0) is 23.5. The van der Waals surface area contributed by atoms with E-state index in [-0.39, 0.29) is 0 Å². The molecule has 1 heterocycles. The number of hydrogen-bond donors (Lipinski definition) is 2. The Hall–Kier alpha value is -1.48. The first-order chi connectivity index (χ1) is 15.3. The van der Waals surface area contributed by atoms with E-state index >= 15 is 0 Å². The Morgan fingerprint density at radius 1 is 1.09 bits per heavy atom. The molecule has 0 radical (unpaired) electrons. The van der Waals surface area contributed by atoms with E-state index < -0.39 is 0 Å². The molecule has 1 aliphatic carbocycles. The Morgan fingerprint density at radius 2 is 1.81 bits per heavy atom. The first-order valence-electron chi connectivity index (χ1n) is 13.2. The van der Waals surface area contributed by atoms with Gasteiger partial charge < -0.3 is 15.5 Å². The molecule has 2 aliphatic rings. The van der Waals surface area contributed by atoms with Crippen molar-refractivity contribution in [3.8, 4) is 0 Å². The van der Waals surface area contributed by atoms with E-state index in [2.05, 4.69) is 75.7 Å². The van der Waals surface area contributed by atoms with Crippen LogP contribution < -0.4 is 10.6 Å². The van der Waals surface area contributed by atoms with Crippen LogP contribution in [0.25, 0.3) is 0 Å². The zero-order valence-electron chi connectivity index (χ0n) is 21.8. The summed E-state index contributed by atoms with van der Waals surface area (Å²) in [5.74, 6) is 4.20. The van der Waals surface area contributed by atoms with Crippen LogP contribution in [0.15, 0.2) is 47.9 Å². The van der Waals surface area contributed by atoms with Gasteiger partial charge in [-0.25, -0.2) is 0 Å². The van der Waals surface area contributed by atoms with Gasteiger partial charge in [-0.1, -0.05) is 70.1 Å². The first kappa shape index (κ1) is 26.8. The van der Waals surface area contributed by atoms with Gasteiger partial charge in [-0.15, -0.1) is 0 Å². The van der Waals surface area contributed by atoms with Crippen molar-refractivity contribution in [2.75, 3.05) is 33.7 Å². The lowest BCUT2D eigenvalue weighted by Gasteiger charge is -2.24. The third-order valence-electron chi connectivity index (χ3n) is 7.37. The van der Waals surface area contributed by atoms with Crippen molar-refractivity contribution in [2.45, 2.75) is 78.6 Å². The Bertz CT molecular complexity index is 651. The fourth-order valence-electron chi connectivity index (χ4n) is 4.38. The molecule has 3 nitrogen and oxygen atoms in total. The molecule has 32 heavy (non-hydrogen) atoms. The van der Waals surface area contributed by atoms with Gasteiger partial charge in [-0.2, -0.15) is 0 Å². The molecule has 0 aromatic rings. The van der Waals surface area contributed by atoms with Gasteiger partial charge in [0.1, 0.15) is 5.82 Å². The van der Waals surface area contributed by atoms with Crippen LogP contribution in [-0.2, 0) is 0 Å². The van der Waals surface area contributed by atoms with Crippen LogP contribution >= 0.6 is 0 Å². The van der Waals surface area contributed by atoms with Crippen LogP contribution in [0.5, 0.6) is 0 Å². The molecule has 2 unspecified atom stereocenters. The molecule has 182 valence electrons. The van der Waals surface area contributed by atoms with Gasteiger partial charge >= 0.3 is 0 Å². The molecule has 0 aromatic carbocycles. The summed E-state index contributed by atoms with van der Waals surface area (Å²) in [6.45, 7) is 19.0. The van der Waals surface area contributed by atoms with Gasteiger partial charge in [-0.3, -0.25) is 0 Å². The van der Waals surface area contributed by atoms with Crippen molar-refractivity contribution in [3.05, 3.63) is 47.9 Å². The Labute approximate surface area is 199 Å². The Balaban J connectivity index is 1.97. The molecular weight excluding hydrogens is 390 g/mol. The standard InChI is InChI=1S/C29H51N3/c1-22(2)24(4)12-10-23(3)11-16-27(20-26-14-15-26)25(5)13-17-28-21-30-18-8-9-19-31-29(28)32(6)7/h11,16,22,24,26-27,30-31H,3,5,8-10,12-15,17-21H2,1-2,4,6-7H3/b16-11+,29-28+. The van der Waals surface area contributed by atoms with Crippen LogP contribution in [0, 0.1) is 23.7 Å². The third kappa shape index (κ3) is 9.98. The summed E-state index contributed by atoms with van der Waals surface area (Å²) in [5.41, 5.74) is 4.15. The highest BCUT2D eigenvalue weighted by Crippen LogP contribution is 2.38. The van der Waals surface area contributed by atoms with E-state index in [4.69, 9.17) is 0 Å². The molecule has 0 spiro atoms. The molecule has 0 aromatic heterocycles. The van der Waals surface area contributed by atoms with Gasteiger partial charge in [0.25, 0.3) is 0 Å². The summed E-state index contributed by atoms with van der Waals surface area (Å²) in [4.78, 5) is 2.24. The van der Waals surface area contributed by atoms with E-state index in [0.29, 0.717) is 5.92 Å². The maximum absolute atomic E-state index is 4.57. The van der Waals surface area contributed by atoms with Gasteiger partial charge in [0.15, 0.2) is 0 Å². The second kappa shape index (κ2) is 13.9. The molecule has 0 bridgehead atoms. The quantitative estimate of drug-likeness (QED) is 0.247. The summed E-state index contributed by atoms with van der Waals surface area (Å²) in [6, 6.07) is 0. The minimum Gasteiger partial charge on any atom is -0.372 e. The largest absolute Gasteiger partial charge is 0.372 e. The predicted molar refractivity (Wildman–Crippen MR) is 142 cm³/mol. The van der Waals surface area contributed by atoms with Crippen LogP contribution in [0.3, 0.4) is 0 Å². The van der Waals surface area contributed by atoms with E-state index in [1.54, 1.807) is 0 Å². The molecule has 2 atom stereocenters.